The van der Waals surface area contributed by atoms with E-state index < -0.39 is 5.60 Å². The van der Waals surface area contributed by atoms with Gasteiger partial charge in [-0.1, -0.05) is 0 Å². The Balaban J connectivity index is 3.75. The normalized spacial score (nSPS) is 11.6. The average molecular weight is 146 g/mol. The smallest absolute Gasteiger partial charge is 0.161 e. The number of rotatable bonds is 4. The molecule has 0 aliphatic rings. The summed E-state index contributed by atoms with van der Waals surface area (Å²) in [7, 11) is 1.52. The molecule has 10 heavy (non-hydrogen) atoms. The zero-order chi connectivity index (χ0) is 8.20. The first-order chi connectivity index (χ1) is 4.50. The van der Waals surface area contributed by atoms with Gasteiger partial charge < -0.3 is 9.47 Å². The maximum atomic E-state index is 10.8. The molecule has 0 aliphatic heterocycles. The monoisotopic (exact) mass is 146 g/mol. The molecule has 0 saturated heterocycles. The fourth-order valence-electron chi connectivity index (χ4n) is 0.308. The molecule has 0 amide bonds. The lowest BCUT2D eigenvalue weighted by Crippen LogP contribution is -2.33. The van der Waals surface area contributed by atoms with Crippen molar-refractivity contribution in [3.05, 3.63) is 0 Å². The van der Waals surface area contributed by atoms with Gasteiger partial charge in [-0.05, 0) is 20.8 Å². The number of Topliss-reactive ketones (excluding diaryl/α,β-unsaturated/α-hetero) is 1. The summed E-state index contributed by atoms with van der Waals surface area (Å²) in [5, 5.41) is 0. The SMILES string of the molecule is COCOC(C)(C)C(C)=O. The van der Waals surface area contributed by atoms with Crippen LogP contribution in [0.5, 0.6) is 0 Å². The van der Waals surface area contributed by atoms with Crippen LogP contribution >= 0.6 is 0 Å². The summed E-state index contributed by atoms with van der Waals surface area (Å²) in [5.41, 5.74) is -0.712. The molecule has 3 nitrogen and oxygen atoms in total. The zero-order valence-corrected chi connectivity index (χ0v) is 6.93. The van der Waals surface area contributed by atoms with E-state index in [2.05, 4.69) is 4.74 Å². The average Bonchev–Trinajstić information content (AvgIpc) is 1.84. The highest BCUT2D eigenvalue weighted by Gasteiger charge is 2.23. The Labute approximate surface area is 61.3 Å². The molecular weight excluding hydrogens is 132 g/mol. The Morgan fingerprint density at radius 2 is 2.00 bits per heavy atom. The van der Waals surface area contributed by atoms with E-state index in [0.29, 0.717) is 0 Å². The highest BCUT2D eigenvalue weighted by atomic mass is 16.7. The Morgan fingerprint density at radius 1 is 1.50 bits per heavy atom. The van der Waals surface area contributed by atoms with Crippen molar-refractivity contribution in [3.8, 4) is 0 Å². The van der Waals surface area contributed by atoms with Crippen LogP contribution in [0.25, 0.3) is 0 Å². The van der Waals surface area contributed by atoms with Crippen molar-refractivity contribution in [2.75, 3.05) is 13.9 Å². The van der Waals surface area contributed by atoms with Crippen LogP contribution < -0.4 is 0 Å². The van der Waals surface area contributed by atoms with Crippen LogP contribution in [-0.4, -0.2) is 25.3 Å². The third kappa shape index (κ3) is 2.94. The minimum atomic E-state index is -0.712. The first kappa shape index (κ1) is 9.59. The van der Waals surface area contributed by atoms with Crippen molar-refractivity contribution in [1.82, 2.24) is 0 Å². The molecule has 0 rings (SSSR count). The van der Waals surface area contributed by atoms with Gasteiger partial charge in [-0.15, -0.1) is 0 Å². The maximum absolute atomic E-state index is 10.8. The molecule has 0 spiro atoms. The summed E-state index contributed by atoms with van der Waals surface area (Å²) < 4.78 is 9.72. The van der Waals surface area contributed by atoms with Crippen LogP contribution in [0.15, 0.2) is 0 Å². The molecule has 0 bridgehead atoms. The van der Waals surface area contributed by atoms with Crippen molar-refractivity contribution >= 4 is 5.78 Å². The van der Waals surface area contributed by atoms with Crippen LogP contribution in [-0.2, 0) is 14.3 Å². The van der Waals surface area contributed by atoms with Gasteiger partial charge in [0.1, 0.15) is 12.4 Å². The molecule has 0 N–H and O–H groups in total. The summed E-state index contributed by atoms with van der Waals surface area (Å²) in [4.78, 5) is 10.8. The van der Waals surface area contributed by atoms with Crippen molar-refractivity contribution in [3.63, 3.8) is 0 Å². The topological polar surface area (TPSA) is 35.5 Å². The molecule has 0 heterocycles. The number of ether oxygens (including phenoxy) is 2. The van der Waals surface area contributed by atoms with E-state index in [0.717, 1.165) is 0 Å². The summed E-state index contributed by atoms with van der Waals surface area (Å²) in [5.74, 6) is 0.00421. The third-order valence-electron chi connectivity index (χ3n) is 1.39. The number of carbonyl (C=O) groups excluding carboxylic acids is 1. The predicted molar refractivity (Wildman–Crippen MR) is 37.7 cm³/mol. The van der Waals surface area contributed by atoms with Crippen LogP contribution in [0.2, 0.25) is 0 Å². The second kappa shape index (κ2) is 3.68. The Morgan fingerprint density at radius 3 is 2.30 bits per heavy atom. The highest BCUT2D eigenvalue weighted by molar-refractivity contribution is 5.83. The lowest BCUT2D eigenvalue weighted by atomic mass is 10.1. The Kier molecular flexibility index (Phi) is 3.53. The van der Waals surface area contributed by atoms with E-state index in [1.165, 1.54) is 14.0 Å². The van der Waals surface area contributed by atoms with Crippen LogP contribution in [0.4, 0.5) is 0 Å². The summed E-state index contributed by atoms with van der Waals surface area (Å²) in [6.07, 6.45) is 0. The molecule has 0 unspecified atom stereocenters. The number of ketones is 1. The summed E-state index contributed by atoms with van der Waals surface area (Å²) in [6.45, 7) is 5.09. The molecular formula is C7H14O3. The van der Waals surface area contributed by atoms with Crippen molar-refractivity contribution in [2.45, 2.75) is 26.4 Å². The van der Waals surface area contributed by atoms with Gasteiger partial charge in [0.2, 0.25) is 0 Å². The van der Waals surface area contributed by atoms with E-state index in [1.54, 1.807) is 13.8 Å². The van der Waals surface area contributed by atoms with Gasteiger partial charge >= 0.3 is 0 Å². The third-order valence-corrected chi connectivity index (χ3v) is 1.39. The molecule has 0 aliphatic carbocycles. The van der Waals surface area contributed by atoms with Crippen molar-refractivity contribution < 1.29 is 14.3 Å². The van der Waals surface area contributed by atoms with Gasteiger partial charge in [0.05, 0.1) is 0 Å². The van der Waals surface area contributed by atoms with E-state index in [9.17, 15) is 4.79 Å². The molecule has 3 heteroatoms. The number of hydrogen-bond acceptors (Lipinski definition) is 3. The molecule has 0 atom stereocenters. The fraction of sp³-hybridized carbons (Fsp3) is 0.857. The van der Waals surface area contributed by atoms with Gasteiger partial charge in [-0.2, -0.15) is 0 Å². The molecule has 0 radical (unpaired) electrons. The predicted octanol–water partition coefficient (Wildman–Crippen LogP) is 0.975. The second-order valence-corrected chi connectivity index (χ2v) is 2.62. The van der Waals surface area contributed by atoms with Gasteiger partial charge in [0, 0.05) is 7.11 Å². The van der Waals surface area contributed by atoms with Crippen molar-refractivity contribution in [2.24, 2.45) is 0 Å². The molecule has 0 fully saturated rings. The molecule has 0 aromatic rings. The van der Waals surface area contributed by atoms with Crippen LogP contribution in [0.3, 0.4) is 0 Å². The minimum Gasteiger partial charge on any atom is -0.359 e. The standard InChI is InChI=1S/C7H14O3/c1-6(8)7(2,3)10-5-9-4/h5H2,1-4H3. The Bertz CT molecular complexity index is 118. The second-order valence-electron chi connectivity index (χ2n) is 2.62. The summed E-state index contributed by atoms with van der Waals surface area (Å²) in [6, 6.07) is 0. The fourth-order valence-corrected chi connectivity index (χ4v) is 0.308. The van der Waals surface area contributed by atoms with Crippen LogP contribution in [0.1, 0.15) is 20.8 Å². The van der Waals surface area contributed by atoms with E-state index in [4.69, 9.17) is 4.74 Å². The number of carbonyl (C=O) groups is 1. The number of methoxy groups -OCH3 is 1. The van der Waals surface area contributed by atoms with Crippen LogP contribution in [0, 0.1) is 0 Å². The van der Waals surface area contributed by atoms with Gasteiger partial charge in [0.15, 0.2) is 5.78 Å². The molecule has 60 valence electrons. The van der Waals surface area contributed by atoms with Crippen molar-refractivity contribution in [1.29, 1.82) is 0 Å². The number of hydrogen-bond donors (Lipinski definition) is 0. The van der Waals surface area contributed by atoms with Gasteiger partial charge in [-0.25, -0.2) is 0 Å². The van der Waals surface area contributed by atoms with E-state index >= 15 is 0 Å². The quantitative estimate of drug-likeness (QED) is 0.554. The molecule has 0 saturated carbocycles. The van der Waals surface area contributed by atoms with Gasteiger partial charge in [0.25, 0.3) is 0 Å². The first-order valence-corrected chi connectivity index (χ1v) is 3.14. The summed E-state index contributed by atoms with van der Waals surface area (Å²) >= 11 is 0. The highest BCUT2D eigenvalue weighted by Crippen LogP contribution is 2.09. The lowest BCUT2D eigenvalue weighted by Gasteiger charge is -2.20. The van der Waals surface area contributed by atoms with E-state index in [1.807, 2.05) is 0 Å². The molecule has 0 aromatic heterocycles. The maximum Gasteiger partial charge on any atom is 0.161 e. The molecule has 0 aromatic carbocycles. The Hall–Kier alpha value is -0.410. The zero-order valence-electron chi connectivity index (χ0n) is 6.93. The minimum absolute atomic E-state index is 0.00421. The largest absolute Gasteiger partial charge is 0.359 e. The first-order valence-electron chi connectivity index (χ1n) is 3.14. The van der Waals surface area contributed by atoms with E-state index in [-0.39, 0.29) is 12.6 Å². The van der Waals surface area contributed by atoms with Gasteiger partial charge in [-0.3, -0.25) is 4.79 Å². The lowest BCUT2D eigenvalue weighted by molar-refractivity contribution is -0.153.